The van der Waals surface area contributed by atoms with E-state index in [2.05, 4.69) is 20.5 Å². The molecule has 0 amide bonds. The van der Waals surface area contributed by atoms with Crippen molar-refractivity contribution in [1.82, 2.24) is 15.5 Å². The van der Waals surface area contributed by atoms with Crippen molar-refractivity contribution in [1.29, 1.82) is 0 Å². The van der Waals surface area contributed by atoms with Crippen molar-refractivity contribution < 1.29 is 9.47 Å². The molecule has 2 unspecified atom stereocenters. The molecule has 144 valence electrons. The van der Waals surface area contributed by atoms with Gasteiger partial charge in [0.05, 0.1) is 25.4 Å². The molecule has 0 aromatic rings. The van der Waals surface area contributed by atoms with Gasteiger partial charge >= 0.3 is 0 Å². The third-order valence-electron chi connectivity index (χ3n) is 5.73. The van der Waals surface area contributed by atoms with Crippen LogP contribution in [0.15, 0.2) is 4.99 Å². The Balaban J connectivity index is 1.27. The zero-order valence-electron chi connectivity index (χ0n) is 15.8. The lowest BCUT2D eigenvalue weighted by atomic mass is 10.1. The molecule has 3 aliphatic rings. The Bertz CT molecular complexity index is 410. The van der Waals surface area contributed by atoms with Gasteiger partial charge in [-0.2, -0.15) is 0 Å². The fourth-order valence-corrected chi connectivity index (χ4v) is 4.24. The van der Waals surface area contributed by atoms with Gasteiger partial charge in [-0.1, -0.05) is 25.7 Å². The molecule has 25 heavy (non-hydrogen) atoms. The average molecular weight is 353 g/mol. The number of ether oxygens (including phenoxy) is 2. The quantitative estimate of drug-likeness (QED) is 0.330. The van der Waals surface area contributed by atoms with E-state index in [-0.39, 0.29) is 6.10 Å². The Morgan fingerprint density at radius 3 is 2.76 bits per heavy atom. The third kappa shape index (κ3) is 6.12. The first-order valence-electron chi connectivity index (χ1n) is 10.3. The SMILES string of the molecule is CN=C(NCCOC1CCCCCC1)NCC1CN2CCCC2CO1. The van der Waals surface area contributed by atoms with Crippen LogP contribution in [0.1, 0.15) is 51.4 Å². The minimum Gasteiger partial charge on any atom is -0.376 e. The molecule has 2 heterocycles. The predicted molar refractivity (Wildman–Crippen MR) is 101 cm³/mol. The van der Waals surface area contributed by atoms with Crippen LogP contribution in [0, 0.1) is 0 Å². The lowest BCUT2D eigenvalue weighted by Gasteiger charge is -2.35. The average Bonchev–Trinajstić information content (AvgIpc) is 2.95. The van der Waals surface area contributed by atoms with E-state index in [0.717, 1.165) is 38.8 Å². The van der Waals surface area contributed by atoms with E-state index in [4.69, 9.17) is 9.47 Å². The van der Waals surface area contributed by atoms with Crippen LogP contribution in [0.25, 0.3) is 0 Å². The molecule has 2 atom stereocenters. The number of hydrogen-bond acceptors (Lipinski definition) is 4. The molecular formula is C19H36N4O2. The highest BCUT2D eigenvalue weighted by Crippen LogP contribution is 2.22. The van der Waals surface area contributed by atoms with Gasteiger partial charge in [0.15, 0.2) is 5.96 Å². The normalized spacial score (nSPS) is 29.2. The molecule has 0 radical (unpaired) electrons. The van der Waals surface area contributed by atoms with Crippen LogP contribution < -0.4 is 10.6 Å². The number of nitrogens with one attached hydrogen (secondary N) is 2. The summed E-state index contributed by atoms with van der Waals surface area (Å²) in [5.74, 6) is 0.844. The minimum atomic E-state index is 0.259. The lowest BCUT2D eigenvalue weighted by Crippen LogP contribution is -2.51. The molecule has 2 N–H and O–H groups in total. The number of morpholine rings is 1. The molecule has 3 rings (SSSR count). The van der Waals surface area contributed by atoms with Crippen molar-refractivity contribution in [2.24, 2.45) is 4.99 Å². The van der Waals surface area contributed by atoms with Gasteiger partial charge in [-0.25, -0.2) is 0 Å². The summed E-state index contributed by atoms with van der Waals surface area (Å²) in [7, 11) is 1.82. The van der Waals surface area contributed by atoms with Crippen LogP contribution in [0.4, 0.5) is 0 Å². The summed E-state index contributed by atoms with van der Waals surface area (Å²) < 4.78 is 12.0. The number of guanidine groups is 1. The Kier molecular flexibility index (Phi) is 7.82. The minimum absolute atomic E-state index is 0.259. The first-order valence-corrected chi connectivity index (χ1v) is 10.3. The van der Waals surface area contributed by atoms with Gasteiger partial charge in [0.2, 0.25) is 0 Å². The topological polar surface area (TPSA) is 58.1 Å². The maximum atomic E-state index is 6.02. The van der Waals surface area contributed by atoms with E-state index in [1.807, 2.05) is 7.05 Å². The van der Waals surface area contributed by atoms with Crippen molar-refractivity contribution in [3.05, 3.63) is 0 Å². The summed E-state index contributed by atoms with van der Waals surface area (Å²) in [6.45, 7) is 5.52. The second kappa shape index (κ2) is 10.3. The second-order valence-corrected chi connectivity index (χ2v) is 7.61. The highest BCUT2D eigenvalue weighted by atomic mass is 16.5. The van der Waals surface area contributed by atoms with Gasteiger partial charge in [-0.05, 0) is 32.2 Å². The molecular weight excluding hydrogens is 316 g/mol. The number of nitrogens with zero attached hydrogens (tertiary/aromatic N) is 2. The number of rotatable bonds is 6. The second-order valence-electron chi connectivity index (χ2n) is 7.61. The maximum absolute atomic E-state index is 6.02. The van der Waals surface area contributed by atoms with Gasteiger partial charge in [-0.3, -0.25) is 9.89 Å². The molecule has 0 aromatic carbocycles. The van der Waals surface area contributed by atoms with Gasteiger partial charge in [0.25, 0.3) is 0 Å². The van der Waals surface area contributed by atoms with Crippen molar-refractivity contribution >= 4 is 5.96 Å². The Morgan fingerprint density at radius 1 is 1.12 bits per heavy atom. The van der Waals surface area contributed by atoms with Crippen molar-refractivity contribution in [3.63, 3.8) is 0 Å². The van der Waals surface area contributed by atoms with Gasteiger partial charge in [0.1, 0.15) is 0 Å². The van der Waals surface area contributed by atoms with E-state index in [9.17, 15) is 0 Å². The third-order valence-corrected chi connectivity index (χ3v) is 5.73. The summed E-state index contributed by atoms with van der Waals surface area (Å²) >= 11 is 0. The summed E-state index contributed by atoms with van der Waals surface area (Å²) in [6, 6.07) is 0.662. The summed E-state index contributed by atoms with van der Waals surface area (Å²) in [5.41, 5.74) is 0. The van der Waals surface area contributed by atoms with Gasteiger partial charge in [-0.15, -0.1) is 0 Å². The maximum Gasteiger partial charge on any atom is 0.191 e. The Morgan fingerprint density at radius 2 is 1.96 bits per heavy atom. The van der Waals surface area contributed by atoms with Crippen LogP contribution in [0.2, 0.25) is 0 Å². The highest BCUT2D eigenvalue weighted by molar-refractivity contribution is 5.79. The number of hydrogen-bond donors (Lipinski definition) is 2. The number of fused-ring (bicyclic) bond motifs is 1. The molecule has 1 aliphatic carbocycles. The first-order chi connectivity index (χ1) is 12.3. The summed E-state index contributed by atoms with van der Waals surface area (Å²) in [5, 5.41) is 6.75. The van der Waals surface area contributed by atoms with Crippen molar-refractivity contribution in [3.8, 4) is 0 Å². The van der Waals surface area contributed by atoms with Crippen LogP contribution in [0.3, 0.4) is 0 Å². The molecule has 0 spiro atoms. The molecule has 3 fully saturated rings. The standard InChI is InChI=1S/C19H36N4O2/c1-20-19(21-10-12-24-17-8-4-2-3-5-9-17)22-13-18-14-23-11-6-7-16(23)15-25-18/h16-18H,2-15H2,1H3,(H2,20,21,22). The fraction of sp³-hybridized carbons (Fsp3) is 0.947. The van der Waals surface area contributed by atoms with Crippen molar-refractivity contribution in [2.75, 3.05) is 46.4 Å². The van der Waals surface area contributed by atoms with Gasteiger partial charge in [0, 0.05) is 32.7 Å². The monoisotopic (exact) mass is 352 g/mol. The fourth-order valence-electron chi connectivity index (χ4n) is 4.24. The molecule has 1 saturated carbocycles. The summed E-state index contributed by atoms with van der Waals surface area (Å²) in [4.78, 5) is 6.88. The van der Waals surface area contributed by atoms with Crippen LogP contribution in [0.5, 0.6) is 0 Å². The smallest absolute Gasteiger partial charge is 0.191 e. The molecule has 0 aromatic heterocycles. The van der Waals surface area contributed by atoms with Gasteiger partial charge < -0.3 is 20.1 Å². The van der Waals surface area contributed by atoms with Crippen LogP contribution in [-0.4, -0.2) is 75.5 Å². The molecule has 2 saturated heterocycles. The highest BCUT2D eigenvalue weighted by Gasteiger charge is 2.32. The van der Waals surface area contributed by atoms with E-state index in [0.29, 0.717) is 12.1 Å². The predicted octanol–water partition coefficient (Wildman–Crippen LogP) is 1.75. The zero-order valence-corrected chi connectivity index (χ0v) is 15.8. The molecule has 6 heteroatoms. The number of aliphatic imine (C=N–C) groups is 1. The van der Waals surface area contributed by atoms with E-state index in [1.165, 1.54) is 57.9 Å². The summed E-state index contributed by atoms with van der Waals surface area (Å²) in [6.07, 6.45) is 11.2. The zero-order chi connectivity index (χ0) is 17.3. The first kappa shape index (κ1) is 18.9. The Hall–Kier alpha value is -0.850. The van der Waals surface area contributed by atoms with Crippen LogP contribution in [-0.2, 0) is 9.47 Å². The lowest BCUT2D eigenvalue weighted by molar-refractivity contribution is -0.0453. The van der Waals surface area contributed by atoms with E-state index >= 15 is 0 Å². The van der Waals surface area contributed by atoms with E-state index in [1.54, 1.807) is 0 Å². The van der Waals surface area contributed by atoms with Crippen molar-refractivity contribution in [2.45, 2.75) is 69.6 Å². The molecule has 2 aliphatic heterocycles. The molecule has 6 nitrogen and oxygen atoms in total. The Labute approximate surface area is 152 Å². The molecule has 0 bridgehead atoms. The van der Waals surface area contributed by atoms with Crippen LogP contribution >= 0.6 is 0 Å². The van der Waals surface area contributed by atoms with E-state index < -0.39 is 0 Å². The largest absolute Gasteiger partial charge is 0.376 e.